The molecule has 2 aliphatic carbocycles. The third-order valence-corrected chi connectivity index (χ3v) is 5.94. The molecule has 21 heavy (non-hydrogen) atoms. The van der Waals surface area contributed by atoms with Crippen molar-refractivity contribution in [3.8, 4) is 0 Å². The summed E-state index contributed by atoms with van der Waals surface area (Å²) in [5, 5.41) is 3.42. The van der Waals surface area contributed by atoms with Crippen LogP contribution in [0.1, 0.15) is 38.5 Å². The zero-order valence-electron chi connectivity index (χ0n) is 12.6. The van der Waals surface area contributed by atoms with E-state index >= 15 is 0 Å². The van der Waals surface area contributed by atoms with Crippen molar-refractivity contribution < 1.29 is 9.59 Å². The summed E-state index contributed by atoms with van der Waals surface area (Å²) in [7, 11) is 0. The van der Waals surface area contributed by atoms with Crippen LogP contribution in [0, 0.1) is 17.8 Å². The number of allylic oxidation sites excluding steroid dienone is 2. The summed E-state index contributed by atoms with van der Waals surface area (Å²) in [6, 6.07) is 0. The van der Waals surface area contributed by atoms with Crippen molar-refractivity contribution in [1.29, 1.82) is 0 Å². The number of carbonyl (C=O) groups excluding carboxylic acids is 2. The summed E-state index contributed by atoms with van der Waals surface area (Å²) in [5.74, 6) is 2.01. The highest BCUT2D eigenvalue weighted by Crippen LogP contribution is 2.38. The van der Waals surface area contributed by atoms with Gasteiger partial charge in [0, 0.05) is 38.5 Å². The molecule has 2 heterocycles. The fourth-order valence-corrected chi connectivity index (χ4v) is 4.70. The molecular weight excluding hydrogens is 264 g/mol. The van der Waals surface area contributed by atoms with Gasteiger partial charge in [-0.2, -0.15) is 0 Å². The van der Waals surface area contributed by atoms with Gasteiger partial charge >= 0.3 is 0 Å². The second-order valence-corrected chi connectivity index (χ2v) is 7.22. The van der Waals surface area contributed by atoms with Crippen molar-refractivity contribution in [3.63, 3.8) is 0 Å². The molecule has 3 atom stereocenters. The van der Waals surface area contributed by atoms with E-state index in [2.05, 4.69) is 10.2 Å². The predicted octanol–water partition coefficient (Wildman–Crippen LogP) is 1.51. The lowest BCUT2D eigenvalue weighted by atomic mass is 9.76. The Morgan fingerprint density at radius 2 is 1.86 bits per heavy atom. The molecule has 2 aliphatic heterocycles. The molecule has 0 bridgehead atoms. The second-order valence-electron chi connectivity index (χ2n) is 7.22. The number of nitrogens with one attached hydrogen (secondary N) is 1. The second kappa shape index (κ2) is 5.24. The van der Waals surface area contributed by atoms with Crippen LogP contribution in [0.2, 0.25) is 0 Å². The van der Waals surface area contributed by atoms with Crippen LogP contribution in [0.4, 0.5) is 0 Å². The Balaban J connectivity index is 1.44. The van der Waals surface area contributed by atoms with E-state index in [1.807, 2.05) is 0 Å². The number of likely N-dealkylation sites (tertiary alicyclic amines) is 1. The molecule has 0 aromatic rings. The van der Waals surface area contributed by atoms with Crippen molar-refractivity contribution in [3.05, 3.63) is 11.1 Å². The van der Waals surface area contributed by atoms with E-state index in [0.29, 0.717) is 29.9 Å². The summed E-state index contributed by atoms with van der Waals surface area (Å²) in [5.41, 5.74) is 2.38. The molecule has 4 aliphatic rings. The quantitative estimate of drug-likeness (QED) is 0.796. The molecule has 4 rings (SSSR count). The van der Waals surface area contributed by atoms with Gasteiger partial charge in [-0.05, 0) is 49.5 Å². The molecule has 1 amide bonds. The Hall–Kier alpha value is -1.16. The highest BCUT2D eigenvalue weighted by atomic mass is 16.2. The highest BCUT2D eigenvalue weighted by molar-refractivity contribution is 5.98. The Kier molecular flexibility index (Phi) is 3.37. The maximum Gasteiger partial charge on any atom is 0.226 e. The van der Waals surface area contributed by atoms with Crippen molar-refractivity contribution in [2.24, 2.45) is 17.8 Å². The first-order valence-corrected chi connectivity index (χ1v) is 8.46. The number of amides is 1. The van der Waals surface area contributed by atoms with Gasteiger partial charge in [0.25, 0.3) is 0 Å². The lowest BCUT2D eigenvalue weighted by Gasteiger charge is -2.31. The number of hydrogen-bond acceptors (Lipinski definition) is 3. The summed E-state index contributed by atoms with van der Waals surface area (Å²) >= 11 is 0. The molecule has 0 aromatic heterocycles. The maximum atomic E-state index is 12.8. The van der Waals surface area contributed by atoms with Gasteiger partial charge in [-0.15, -0.1) is 0 Å². The number of carbonyl (C=O) groups is 2. The number of rotatable bonds is 1. The third-order valence-electron chi connectivity index (χ3n) is 5.94. The van der Waals surface area contributed by atoms with Gasteiger partial charge in [-0.25, -0.2) is 0 Å². The Morgan fingerprint density at radius 1 is 1.10 bits per heavy atom. The van der Waals surface area contributed by atoms with Crippen LogP contribution in [-0.2, 0) is 9.59 Å². The van der Waals surface area contributed by atoms with Gasteiger partial charge in [-0.1, -0.05) is 5.57 Å². The molecule has 1 N–H and O–H groups in total. The van der Waals surface area contributed by atoms with Crippen molar-refractivity contribution in [1.82, 2.24) is 10.2 Å². The summed E-state index contributed by atoms with van der Waals surface area (Å²) < 4.78 is 0. The predicted molar refractivity (Wildman–Crippen MR) is 79.7 cm³/mol. The molecule has 2 saturated heterocycles. The summed E-state index contributed by atoms with van der Waals surface area (Å²) in [4.78, 5) is 27.0. The van der Waals surface area contributed by atoms with Gasteiger partial charge in [0.1, 0.15) is 0 Å². The molecule has 0 spiro atoms. The average molecular weight is 288 g/mol. The van der Waals surface area contributed by atoms with Gasteiger partial charge in [0.2, 0.25) is 5.91 Å². The molecule has 3 unspecified atom stereocenters. The van der Waals surface area contributed by atoms with E-state index < -0.39 is 0 Å². The monoisotopic (exact) mass is 288 g/mol. The Morgan fingerprint density at radius 3 is 2.62 bits per heavy atom. The number of ketones is 1. The van der Waals surface area contributed by atoms with E-state index in [4.69, 9.17) is 0 Å². The number of hydrogen-bond donors (Lipinski definition) is 1. The normalized spacial score (nSPS) is 35.9. The smallest absolute Gasteiger partial charge is 0.226 e. The van der Waals surface area contributed by atoms with Gasteiger partial charge < -0.3 is 10.2 Å². The van der Waals surface area contributed by atoms with Crippen LogP contribution < -0.4 is 5.32 Å². The molecule has 114 valence electrons. The largest absolute Gasteiger partial charge is 0.342 e. The van der Waals surface area contributed by atoms with E-state index in [-0.39, 0.29) is 5.92 Å². The van der Waals surface area contributed by atoms with Crippen LogP contribution >= 0.6 is 0 Å². The minimum Gasteiger partial charge on any atom is -0.342 e. The minimum atomic E-state index is 0.0672. The first-order valence-electron chi connectivity index (χ1n) is 8.46. The highest BCUT2D eigenvalue weighted by Gasteiger charge is 2.41. The SMILES string of the molecule is O=C1CCCC2=C1CC(C(=O)N1CC3CNCC3C1)CC2. The number of fused-ring (bicyclic) bond motifs is 1. The zero-order chi connectivity index (χ0) is 14.4. The first kappa shape index (κ1) is 13.5. The number of nitrogens with zero attached hydrogens (tertiary/aromatic N) is 1. The van der Waals surface area contributed by atoms with Gasteiger partial charge in [-0.3, -0.25) is 9.59 Å². The van der Waals surface area contributed by atoms with Gasteiger partial charge in [0.15, 0.2) is 5.78 Å². The molecule has 4 nitrogen and oxygen atoms in total. The summed E-state index contributed by atoms with van der Waals surface area (Å²) in [6.07, 6.45) is 5.44. The molecule has 2 fully saturated rings. The molecule has 0 saturated carbocycles. The molecular formula is C17H24N2O2. The van der Waals surface area contributed by atoms with E-state index in [1.54, 1.807) is 0 Å². The van der Waals surface area contributed by atoms with Crippen molar-refractivity contribution in [2.75, 3.05) is 26.2 Å². The standard InChI is InChI=1S/C17H24N2O2/c20-16-3-1-2-11-4-5-12(6-15(11)16)17(21)19-9-13-7-18-8-14(13)10-19/h12-14,18H,1-10H2. The van der Waals surface area contributed by atoms with Gasteiger partial charge in [0.05, 0.1) is 0 Å². The Labute approximate surface area is 125 Å². The van der Waals surface area contributed by atoms with E-state index in [1.165, 1.54) is 5.57 Å². The zero-order valence-corrected chi connectivity index (χ0v) is 12.6. The third kappa shape index (κ3) is 2.33. The fourth-order valence-electron chi connectivity index (χ4n) is 4.70. The Bertz CT molecular complexity index is 499. The van der Waals surface area contributed by atoms with Crippen LogP contribution in [0.15, 0.2) is 11.1 Å². The van der Waals surface area contributed by atoms with Crippen molar-refractivity contribution in [2.45, 2.75) is 38.5 Å². The lowest BCUT2D eigenvalue weighted by molar-refractivity contribution is -0.135. The summed E-state index contributed by atoms with van der Waals surface area (Å²) in [6.45, 7) is 3.97. The van der Waals surface area contributed by atoms with Crippen LogP contribution in [-0.4, -0.2) is 42.8 Å². The average Bonchev–Trinajstić information content (AvgIpc) is 3.08. The first-order chi connectivity index (χ1) is 10.2. The van der Waals surface area contributed by atoms with Crippen molar-refractivity contribution >= 4 is 11.7 Å². The topological polar surface area (TPSA) is 49.4 Å². The minimum absolute atomic E-state index is 0.0672. The van der Waals surface area contributed by atoms with Crippen LogP contribution in [0.5, 0.6) is 0 Å². The molecule has 0 radical (unpaired) electrons. The van der Waals surface area contributed by atoms with Crippen LogP contribution in [0.25, 0.3) is 0 Å². The van der Waals surface area contributed by atoms with E-state index in [0.717, 1.165) is 63.9 Å². The number of Topliss-reactive ketones (excluding diaryl/α,β-unsaturated/α-hetero) is 1. The lowest BCUT2D eigenvalue weighted by Crippen LogP contribution is -2.38. The maximum absolute atomic E-state index is 12.8. The van der Waals surface area contributed by atoms with E-state index in [9.17, 15) is 9.59 Å². The van der Waals surface area contributed by atoms with Crippen LogP contribution in [0.3, 0.4) is 0 Å². The fraction of sp³-hybridized carbons (Fsp3) is 0.765. The molecule has 0 aromatic carbocycles. The molecule has 4 heteroatoms.